The van der Waals surface area contributed by atoms with Crippen LogP contribution in [0.2, 0.25) is 0 Å². The molecular weight excluding hydrogens is 455 g/mol. The molecule has 1 atom stereocenters. The number of carbonyl (C=O) groups is 2. The number of anilines is 1. The highest BCUT2D eigenvalue weighted by molar-refractivity contribution is 7.17. The molecule has 0 unspecified atom stereocenters. The number of alkyl halides is 3. The predicted octanol–water partition coefficient (Wildman–Crippen LogP) is 3.87. The summed E-state index contributed by atoms with van der Waals surface area (Å²) in [4.78, 5) is 32.7. The van der Waals surface area contributed by atoms with Crippen molar-refractivity contribution in [2.45, 2.75) is 26.1 Å². The molecule has 0 aliphatic carbocycles. The molecule has 2 heterocycles. The second-order valence-electron chi connectivity index (χ2n) is 6.03. The van der Waals surface area contributed by atoms with Gasteiger partial charge < -0.3 is 21.5 Å². The second kappa shape index (κ2) is 9.75. The number of aliphatic hydroxyl groups excluding tert-OH is 1. The number of thiazole rings is 2. The normalized spacial score (nSPS) is 13.6. The molecular formula is C18H18F3N5O3S2. The van der Waals surface area contributed by atoms with Crippen molar-refractivity contribution in [3.63, 3.8) is 0 Å². The summed E-state index contributed by atoms with van der Waals surface area (Å²) in [6, 6.07) is -0.547. The smallest absolute Gasteiger partial charge is 0.420 e. The first kappa shape index (κ1) is 24.1. The minimum Gasteiger partial charge on any atom is -0.508 e. The lowest BCUT2D eigenvalue weighted by molar-refractivity contribution is -0.0925. The van der Waals surface area contributed by atoms with E-state index in [0.717, 1.165) is 28.7 Å². The number of nitrogens with one attached hydrogen (secondary N) is 2. The van der Waals surface area contributed by atoms with Gasteiger partial charge >= 0.3 is 6.18 Å². The van der Waals surface area contributed by atoms with Gasteiger partial charge in [-0.05, 0) is 26.0 Å². The molecule has 5 N–H and O–H groups in total. The van der Waals surface area contributed by atoms with Gasteiger partial charge in [-0.2, -0.15) is 13.2 Å². The maximum atomic E-state index is 13.0. The van der Waals surface area contributed by atoms with Gasteiger partial charge in [0, 0.05) is 5.70 Å². The number of hydrogen-bond donors (Lipinski definition) is 4. The average molecular weight is 474 g/mol. The number of carbonyl (C=O) groups excluding carboxylic acids is 2. The van der Waals surface area contributed by atoms with Gasteiger partial charge in [-0.15, -0.1) is 11.3 Å². The largest absolute Gasteiger partial charge is 0.508 e. The van der Waals surface area contributed by atoms with Crippen molar-refractivity contribution in [1.82, 2.24) is 20.6 Å². The number of nitrogens with zero attached hydrogens (tertiary/aromatic N) is 2. The first-order valence-electron chi connectivity index (χ1n) is 8.55. The van der Waals surface area contributed by atoms with E-state index >= 15 is 0 Å². The summed E-state index contributed by atoms with van der Waals surface area (Å²) in [5.41, 5.74) is 3.78. The monoisotopic (exact) mass is 473 g/mol. The Morgan fingerprint density at radius 2 is 1.84 bits per heavy atom. The SMILES string of the molecule is C=C(/C=C(\C(O)=C/C)C(F)(F)F)NC(=O)c1cnc([C@@H](C)NC(=O)c2cnc(N)s2)s1. The van der Waals surface area contributed by atoms with Crippen LogP contribution in [0.25, 0.3) is 0 Å². The van der Waals surface area contributed by atoms with Gasteiger partial charge in [0.1, 0.15) is 20.5 Å². The topological polar surface area (TPSA) is 130 Å². The fraction of sp³-hybridized carbons (Fsp3) is 0.222. The number of aliphatic hydroxyl groups is 1. The molecule has 0 aromatic carbocycles. The molecule has 0 aliphatic rings. The molecule has 8 nitrogen and oxygen atoms in total. The zero-order valence-corrected chi connectivity index (χ0v) is 17.9. The summed E-state index contributed by atoms with van der Waals surface area (Å²) in [7, 11) is 0. The lowest BCUT2D eigenvalue weighted by Gasteiger charge is -2.12. The Labute approximate surface area is 183 Å². The van der Waals surface area contributed by atoms with Crippen LogP contribution < -0.4 is 16.4 Å². The molecule has 2 aromatic heterocycles. The Bertz CT molecular complexity index is 1060. The summed E-state index contributed by atoms with van der Waals surface area (Å²) in [5, 5.41) is 15.0. The van der Waals surface area contributed by atoms with Gasteiger partial charge in [-0.3, -0.25) is 9.59 Å². The van der Waals surface area contributed by atoms with Gasteiger partial charge in [-0.25, -0.2) is 9.97 Å². The fourth-order valence-electron chi connectivity index (χ4n) is 2.19. The van der Waals surface area contributed by atoms with Crippen molar-refractivity contribution in [3.05, 3.63) is 62.9 Å². The van der Waals surface area contributed by atoms with Gasteiger partial charge in [0.25, 0.3) is 11.8 Å². The van der Waals surface area contributed by atoms with Crippen molar-refractivity contribution in [3.8, 4) is 0 Å². The van der Waals surface area contributed by atoms with Crippen molar-refractivity contribution in [1.29, 1.82) is 0 Å². The van der Waals surface area contributed by atoms with Crippen LogP contribution in [-0.4, -0.2) is 33.1 Å². The van der Waals surface area contributed by atoms with Crippen LogP contribution in [0, 0.1) is 0 Å². The molecule has 2 amide bonds. The minimum atomic E-state index is -4.84. The first-order chi connectivity index (χ1) is 14.4. The van der Waals surface area contributed by atoms with E-state index in [0.29, 0.717) is 16.0 Å². The average Bonchev–Trinajstić information content (AvgIpc) is 3.34. The number of halogens is 3. The lowest BCUT2D eigenvalue weighted by atomic mass is 10.1. The Morgan fingerprint density at radius 1 is 1.23 bits per heavy atom. The maximum absolute atomic E-state index is 13.0. The van der Waals surface area contributed by atoms with Gasteiger partial charge in [0.15, 0.2) is 5.13 Å². The van der Waals surface area contributed by atoms with Crippen LogP contribution in [0.3, 0.4) is 0 Å². The molecule has 2 aromatic rings. The number of amides is 2. The number of hydrogen-bond acceptors (Lipinski definition) is 8. The van der Waals surface area contributed by atoms with E-state index < -0.39 is 35.4 Å². The molecule has 166 valence electrons. The number of nitrogens with two attached hydrogens (primary N) is 1. The van der Waals surface area contributed by atoms with E-state index in [1.54, 1.807) is 6.92 Å². The molecule has 0 saturated carbocycles. The van der Waals surface area contributed by atoms with Crippen LogP contribution in [0.1, 0.15) is 44.2 Å². The van der Waals surface area contributed by atoms with Gasteiger partial charge in [0.05, 0.1) is 24.0 Å². The highest BCUT2D eigenvalue weighted by Crippen LogP contribution is 2.31. The molecule has 31 heavy (non-hydrogen) atoms. The van der Waals surface area contributed by atoms with E-state index in [-0.39, 0.29) is 15.7 Å². The second-order valence-corrected chi connectivity index (χ2v) is 8.15. The quantitative estimate of drug-likeness (QED) is 0.357. The van der Waals surface area contributed by atoms with E-state index in [4.69, 9.17) is 5.73 Å². The first-order valence-corrected chi connectivity index (χ1v) is 10.2. The zero-order valence-electron chi connectivity index (χ0n) is 16.3. The Morgan fingerprint density at radius 3 is 2.39 bits per heavy atom. The lowest BCUT2D eigenvalue weighted by Crippen LogP contribution is -2.25. The van der Waals surface area contributed by atoms with E-state index in [9.17, 15) is 27.9 Å². The van der Waals surface area contributed by atoms with E-state index in [1.165, 1.54) is 19.3 Å². The third kappa shape index (κ3) is 6.39. The van der Waals surface area contributed by atoms with E-state index in [1.807, 2.05) is 0 Å². The van der Waals surface area contributed by atoms with Gasteiger partial charge in [-0.1, -0.05) is 17.9 Å². The minimum absolute atomic E-state index is 0.0940. The van der Waals surface area contributed by atoms with Crippen LogP contribution in [0.15, 0.2) is 48.2 Å². The molecule has 0 fully saturated rings. The number of nitrogen functional groups attached to an aromatic ring is 1. The van der Waals surface area contributed by atoms with Crippen LogP contribution >= 0.6 is 22.7 Å². The summed E-state index contributed by atoms with van der Waals surface area (Å²) < 4.78 is 39.1. The zero-order chi connectivity index (χ0) is 23.3. The highest BCUT2D eigenvalue weighted by Gasteiger charge is 2.36. The van der Waals surface area contributed by atoms with Gasteiger partial charge in [0.2, 0.25) is 0 Å². The van der Waals surface area contributed by atoms with E-state index in [2.05, 4.69) is 27.2 Å². The van der Waals surface area contributed by atoms with Crippen molar-refractivity contribution in [2.24, 2.45) is 0 Å². The molecule has 0 radical (unpaired) electrons. The Balaban J connectivity index is 2.06. The number of allylic oxidation sites excluding steroid dienone is 3. The predicted molar refractivity (Wildman–Crippen MR) is 112 cm³/mol. The fourth-order valence-corrected chi connectivity index (χ4v) is 3.59. The third-order valence-corrected chi connectivity index (χ3v) is 5.66. The molecule has 2 rings (SSSR count). The number of rotatable bonds is 7. The molecule has 0 bridgehead atoms. The Kier molecular flexibility index (Phi) is 7.57. The summed E-state index contributed by atoms with van der Waals surface area (Å²) in [6.45, 7) is 6.26. The summed E-state index contributed by atoms with van der Waals surface area (Å²) in [6.07, 6.45) is -0.867. The summed E-state index contributed by atoms with van der Waals surface area (Å²) in [5.74, 6) is -2.14. The third-order valence-electron chi connectivity index (χ3n) is 3.66. The van der Waals surface area contributed by atoms with Crippen molar-refractivity contribution >= 4 is 39.6 Å². The van der Waals surface area contributed by atoms with Crippen LogP contribution in [0.5, 0.6) is 0 Å². The number of aromatic nitrogens is 2. The summed E-state index contributed by atoms with van der Waals surface area (Å²) >= 11 is 1.97. The maximum Gasteiger partial charge on any atom is 0.420 e. The van der Waals surface area contributed by atoms with Crippen LogP contribution in [0.4, 0.5) is 18.3 Å². The standard InChI is InChI=1S/C18H18F3N5O3S2/c1-4-11(27)10(18(19,20)21)5-8(2)25-14(28)12-6-23-16(30-12)9(3)26-15(29)13-7-24-17(22)31-13/h4-7,9,27H,2H2,1,3H3,(H2,22,24)(H,25,28)(H,26,29)/b10-5+,11-4+/t9-/m1/s1. The molecule has 0 aliphatic heterocycles. The Hall–Kier alpha value is -3.19. The van der Waals surface area contributed by atoms with Crippen molar-refractivity contribution < 1.29 is 27.9 Å². The highest BCUT2D eigenvalue weighted by atomic mass is 32.1. The van der Waals surface area contributed by atoms with Crippen molar-refractivity contribution in [2.75, 3.05) is 5.73 Å². The molecule has 0 spiro atoms. The molecule has 0 saturated heterocycles. The molecule has 13 heteroatoms. The van der Waals surface area contributed by atoms with Crippen LogP contribution in [-0.2, 0) is 0 Å².